The third-order valence-corrected chi connectivity index (χ3v) is 5.88. The Morgan fingerprint density at radius 2 is 1.94 bits per heavy atom. The summed E-state index contributed by atoms with van der Waals surface area (Å²) in [7, 11) is 1.46. The largest absolute Gasteiger partial charge is 0.627 e. The van der Waals surface area contributed by atoms with Gasteiger partial charge in [-0.05, 0) is 22.6 Å². The molecule has 3 aliphatic rings. The third-order valence-electron chi connectivity index (χ3n) is 5.88. The molecule has 0 spiro atoms. The van der Waals surface area contributed by atoms with Gasteiger partial charge in [-0.3, -0.25) is 9.59 Å². The molecular weight excluding hydrogens is 428 g/mol. The number of piperazine rings is 1. The molecule has 1 aromatic carbocycles. The molecule has 2 unspecified atom stereocenters. The van der Waals surface area contributed by atoms with Gasteiger partial charge in [-0.25, -0.2) is 0 Å². The molecule has 12 nitrogen and oxygen atoms in total. The number of hydrogen-bond donors (Lipinski definition) is 2. The van der Waals surface area contributed by atoms with Gasteiger partial charge >= 0.3 is 0 Å². The molecular formula is C21H22N8O4. The molecule has 1 aromatic heterocycles. The minimum absolute atomic E-state index is 0.162. The highest BCUT2D eigenvalue weighted by atomic mass is 16.5. The number of carbonyl (C=O) groups is 2. The monoisotopic (exact) mass is 450 g/mol. The number of benzene rings is 1. The van der Waals surface area contributed by atoms with Crippen molar-refractivity contribution in [3.8, 4) is 5.69 Å². The molecule has 33 heavy (non-hydrogen) atoms. The van der Waals surface area contributed by atoms with Crippen molar-refractivity contribution in [3.05, 3.63) is 70.9 Å². The Kier molecular flexibility index (Phi) is 5.36. The minimum Gasteiger partial charge on any atom is -0.627 e. The van der Waals surface area contributed by atoms with Gasteiger partial charge in [0.2, 0.25) is 5.95 Å². The van der Waals surface area contributed by atoms with Crippen molar-refractivity contribution >= 4 is 17.6 Å². The van der Waals surface area contributed by atoms with Gasteiger partial charge in [0.25, 0.3) is 11.7 Å². The number of nitrogens with one attached hydrogen (secondary N) is 2. The number of ether oxygens (including phenoxy) is 1. The smallest absolute Gasteiger partial charge is 0.295 e. The van der Waals surface area contributed by atoms with Crippen molar-refractivity contribution in [1.82, 2.24) is 30.4 Å². The van der Waals surface area contributed by atoms with Crippen LogP contribution in [0, 0.1) is 5.21 Å². The van der Waals surface area contributed by atoms with Gasteiger partial charge in [0.15, 0.2) is 6.17 Å². The zero-order valence-electron chi connectivity index (χ0n) is 17.8. The maximum atomic E-state index is 13.0. The van der Waals surface area contributed by atoms with Crippen LogP contribution in [0.1, 0.15) is 0 Å². The van der Waals surface area contributed by atoms with E-state index in [4.69, 9.17) is 4.74 Å². The predicted molar refractivity (Wildman–Crippen MR) is 115 cm³/mol. The summed E-state index contributed by atoms with van der Waals surface area (Å²) >= 11 is 0. The molecule has 12 heteroatoms. The highest BCUT2D eigenvalue weighted by molar-refractivity contribution is 6.43. The van der Waals surface area contributed by atoms with E-state index in [1.807, 2.05) is 35.2 Å². The molecule has 2 N–H and O–H groups in total. The average Bonchev–Trinajstić information content (AvgIpc) is 3.53. The first-order valence-corrected chi connectivity index (χ1v) is 10.5. The highest BCUT2D eigenvalue weighted by Gasteiger charge is 2.40. The van der Waals surface area contributed by atoms with E-state index in [2.05, 4.69) is 20.8 Å². The standard InChI is InChI=1S/C21H22N8O4/c1-33-16-7-8-28(32)19-17(16)15(13-22-19)18(30)20(31)26-9-11-27(12-10-26)21-23-24-25-29(21)14-5-3-2-4-6-14/h2-8,13,19,22,28H,9-12H2,1H3. The number of hydrogen-bond acceptors (Lipinski definition) is 9. The van der Waals surface area contributed by atoms with Crippen molar-refractivity contribution < 1.29 is 19.4 Å². The minimum atomic E-state index is -0.703. The molecule has 4 heterocycles. The summed E-state index contributed by atoms with van der Waals surface area (Å²) in [5.74, 6) is -0.307. The van der Waals surface area contributed by atoms with Gasteiger partial charge in [0, 0.05) is 38.5 Å². The van der Waals surface area contributed by atoms with E-state index in [1.54, 1.807) is 4.68 Å². The molecule has 2 atom stereocenters. The summed E-state index contributed by atoms with van der Waals surface area (Å²) in [6.07, 6.45) is 3.63. The number of quaternary nitrogens is 1. The van der Waals surface area contributed by atoms with Crippen LogP contribution in [0.25, 0.3) is 5.69 Å². The Labute approximate surface area is 189 Å². The maximum Gasteiger partial charge on any atom is 0.295 e. The van der Waals surface area contributed by atoms with Crippen LogP contribution in [-0.2, 0) is 14.3 Å². The fourth-order valence-corrected chi connectivity index (χ4v) is 4.18. The number of carbonyl (C=O) groups excluding carboxylic acids is 2. The number of aromatic nitrogens is 4. The van der Waals surface area contributed by atoms with Crippen molar-refractivity contribution in [3.63, 3.8) is 0 Å². The fraction of sp³-hybridized carbons (Fsp3) is 0.286. The second-order valence-corrected chi connectivity index (χ2v) is 7.71. The van der Waals surface area contributed by atoms with Crippen LogP contribution in [0.3, 0.4) is 0 Å². The topological polar surface area (TPSA) is 133 Å². The maximum absolute atomic E-state index is 13.0. The Morgan fingerprint density at radius 3 is 2.67 bits per heavy atom. The van der Waals surface area contributed by atoms with Crippen LogP contribution in [0.5, 0.6) is 0 Å². The SMILES string of the molecule is COC1=C2C(C(=O)C(=O)N3CCN(c4nnnn4-c4ccccc4)CC3)=CNC2[NH+]([O-])C=C1. The van der Waals surface area contributed by atoms with Gasteiger partial charge in [-0.15, -0.1) is 0 Å². The summed E-state index contributed by atoms with van der Waals surface area (Å²) in [6, 6.07) is 9.53. The number of Topliss-reactive ketones (excluding diaryl/α,β-unsaturated/α-hetero) is 1. The Hall–Kier alpha value is -4.03. The number of ketones is 1. The lowest BCUT2D eigenvalue weighted by Gasteiger charge is -2.34. The van der Waals surface area contributed by atoms with E-state index >= 15 is 0 Å². The first-order chi connectivity index (χ1) is 16.1. The van der Waals surface area contributed by atoms with Gasteiger partial charge < -0.3 is 30.1 Å². The van der Waals surface area contributed by atoms with Gasteiger partial charge in [0.1, 0.15) is 5.76 Å². The lowest BCUT2D eigenvalue weighted by molar-refractivity contribution is -0.818. The molecule has 0 bridgehead atoms. The first-order valence-electron chi connectivity index (χ1n) is 10.5. The van der Waals surface area contributed by atoms with E-state index in [0.717, 1.165) is 5.69 Å². The molecule has 0 radical (unpaired) electrons. The van der Waals surface area contributed by atoms with Crippen molar-refractivity contribution in [2.45, 2.75) is 6.17 Å². The van der Waals surface area contributed by atoms with Crippen molar-refractivity contribution in [2.75, 3.05) is 38.2 Å². The van der Waals surface area contributed by atoms with Crippen LogP contribution >= 0.6 is 0 Å². The quantitative estimate of drug-likeness (QED) is 0.413. The number of allylic oxidation sites excluding steroid dienone is 1. The van der Waals surface area contributed by atoms with E-state index in [9.17, 15) is 14.8 Å². The van der Waals surface area contributed by atoms with E-state index in [-0.39, 0.29) is 10.6 Å². The van der Waals surface area contributed by atoms with Crippen molar-refractivity contribution in [1.29, 1.82) is 0 Å². The number of fused-ring (bicyclic) bond motifs is 1. The number of methoxy groups -OCH3 is 1. The van der Waals surface area contributed by atoms with Crippen LogP contribution in [0.4, 0.5) is 5.95 Å². The molecule has 1 fully saturated rings. The lowest BCUT2D eigenvalue weighted by Crippen LogP contribution is -3.09. The zero-order valence-corrected chi connectivity index (χ0v) is 17.8. The van der Waals surface area contributed by atoms with Crippen LogP contribution in [0.2, 0.25) is 0 Å². The summed E-state index contributed by atoms with van der Waals surface area (Å²) in [5, 5.41) is 26.8. The number of para-hydroxylation sites is 1. The fourth-order valence-electron chi connectivity index (χ4n) is 4.18. The van der Waals surface area contributed by atoms with Gasteiger partial charge in [0.05, 0.1) is 30.1 Å². The average molecular weight is 450 g/mol. The number of amides is 1. The molecule has 1 amide bonds. The molecule has 170 valence electrons. The summed E-state index contributed by atoms with van der Waals surface area (Å²) < 4.78 is 6.96. The normalized spacial score (nSPS) is 22.1. The van der Waals surface area contributed by atoms with E-state index in [0.29, 0.717) is 43.5 Å². The lowest BCUT2D eigenvalue weighted by atomic mass is 9.99. The van der Waals surface area contributed by atoms with Crippen LogP contribution in [-0.4, -0.2) is 76.3 Å². The third kappa shape index (κ3) is 3.64. The molecule has 0 aliphatic carbocycles. The molecule has 1 saturated heterocycles. The highest BCUT2D eigenvalue weighted by Crippen LogP contribution is 2.26. The van der Waals surface area contributed by atoms with E-state index < -0.39 is 17.9 Å². The molecule has 5 rings (SSSR count). The predicted octanol–water partition coefficient (Wildman–Crippen LogP) is -1.50. The van der Waals surface area contributed by atoms with Crippen LogP contribution < -0.4 is 15.3 Å². The van der Waals surface area contributed by atoms with Crippen LogP contribution in [0.15, 0.2) is 65.7 Å². The molecule has 0 saturated carbocycles. The first kappa shape index (κ1) is 20.8. The zero-order chi connectivity index (χ0) is 22.9. The van der Waals surface area contributed by atoms with Gasteiger partial charge in [-0.2, -0.15) is 4.68 Å². The molecule has 2 aromatic rings. The summed E-state index contributed by atoms with van der Waals surface area (Å²) in [5.41, 5.74) is 1.40. The number of anilines is 1. The second kappa shape index (κ2) is 8.48. The number of nitrogens with zero attached hydrogens (tertiary/aromatic N) is 6. The second-order valence-electron chi connectivity index (χ2n) is 7.71. The Bertz CT molecular complexity index is 1160. The summed E-state index contributed by atoms with van der Waals surface area (Å²) in [4.78, 5) is 29.5. The van der Waals surface area contributed by atoms with Gasteiger partial charge in [-0.1, -0.05) is 23.3 Å². The number of hydroxylamine groups is 2. The Balaban J connectivity index is 1.28. The summed E-state index contributed by atoms with van der Waals surface area (Å²) in [6.45, 7) is 1.62. The van der Waals surface area contributed by atoms with Crippen molar-refractivity contribution in [2.24, 2.45) is 0 Å². The Morgan fingerprint density at radius 1 is 1.18 bits per heavy atom. The number of tetrazole rings is 1. The van der Waals surface area contributed by atoms with E-state index in [1.165, 1.54) is 30.5 Å². The molecule has 3 aliphatic heterocycles. The number of rotatable bonds is 5.